The van der Waals surface area contributed by atoms with Gasteiger partial charge in [-0.15, -0.1) is 0 Å². The average molecular weight is 358 g/mol. The molecule has 2 heterocycles. The maximum Gasteiger partial charge on any atom is 0.246 e. The normalized spacial score (nSPS) is 16.8. The molecule has 0 bridgehead atoms. The molecule has 1 aliphatic rings. The first kappa shape index (κ1) is 17.9. The largest absolute Gasteiger partial charge is 0.497 e. The number of hydrogen-bond donors (Lipinski definition) is 0. The van der Waals surface area contributed by atoms with E-state index in [0.717, 1.165) is 11.4 Å². The number of benzene rings is 1. The molecular formula is C18H22N4O4. The van der Waals surface area contributed by atoms with Crippen molar-refractivity contribution in [2.75, 3.05) is 25.6 Å². The van der Waals surface area contributed by atoms with E-state index in [1.807, 2.05) is 19.1 Å². The van der Waals surface area contributed by atoms with Crippen molar-refractivity contribution in [2.45, 2.75) is 26.3 Å². The summed E-state index contributed by atoms with van der Waals surface area (Å²) in [5, 5.41) is 3.83. The van der Waals surface area contributed by atoms with E-state index in [1.165, 1.54) is 4.90 Å². The van der Waals surface area contributed by atoms with Crippen LogP contribution in [0.1, 0.15) is 25.1 Å². The highest BCUT2D eigenvalue weighted by Gasteiger charge is 2.36. The van der Waals surface area contributed by atoms with E-state index in [4.69, 9.17) is 9.26 Å². The zero-order valence-corrected chi connectivity index (χ0v) is 15.1. The van der Waals surface area contributed by atoms with Crippen molar-refractivity contribution in [3.8, 4) is 5.75 Å². The molecule has 138 valence electrons. The summed E-state index contributed by atoms with van der Waals surface area (Å²) >= 11 is 0. The van der Waals surface area contributed by atoms with Gasteiger partial charge in [0.2, 0.25) is 17.7 Å². The Kier molecular flexibility index (Phi) is 5.20. The molecule has 8 heteroatoms. The number of aryl methyl sites for hydroxylation is 1. The van der Waals surface area contributed by atoms with Crippen LogP contribution in [0.4, 0.5) is 5.69 Å². The fourth-order valence-corrected chi connectivity index (χ4v) is 2.98. The minimum Gasteiger partial charge on any atom is -0.497 e. The molecule has 0 N–H and O–H groups in total. The maximum absolute atomic E-state index is 12.7. The fourth-order valence-electron chi connectivity index (χ4n) is 2.98. The van der Waals surface area contributed by atoms with Crippen LogP contribution in [0, 0.1) is 5.92 Å². The van der Waals surface area contributed by atoms with Crippen molar-refractivity contribution in [1.82, 2.24) is 15.0 Å². The van der Waals surface area contributed by atoms with E-state index in [-0.39, 0.29) is 30.7 Å². The zero-order chi connectivity index (χ0) is 18.7. The lowest BCUT2D eigenvalue weighted by Gasteiger charge is -2.20. The van der Waals surface area contributed by atoms with E-state index >= 15 is 0 Å². The van der Waals surface area contributed by atoms with Gasteiger partial charge in [0.25, 0.3) is 0 Å². The van der Waals surface area contributed by atoms with E-state index in [2.05, 4.69) is 10.1 Å². The number of amides is 2. The summed E-state index contributed by atoms with van der Waals surface area (Å²) in [4.78, 5) is 32.4. The number of aromatic nitrogens is 2. The highest BCUT2D eigenvalue weighted by Crippen LogP contribution is 2.27. The Hall–Kier alpha value is -2.90. The molecule has 3 rings (SSSR count). The third-order valence-electron chi connectivity index (χ3n) is 4.43. The number of carbonyl (C=O) groups is 2. The number of methoxy groups -OCH3 is 1. The molecule has 1 aromatic heterocycles. The molecule has 1 unspecified atom stereocenters. The first-order valence-corrected chi connectivity index (χ1v) is 8.52. The van der Waals surface area contributed by atoms with Crippen LogP contribution < -0.4 is 9.64 Å². The van der Waals surface area contributed by atoms with Gasteiger partial charge in [0.15, 0.2) is 5.82 Å². The lowest BCUT2D eigenvalue weighted by molar-refractivity contribution is -0.135. The Balaban J connectivity index is 1.63. The minimum absolute atomic E-state index is 0.0621. The van der Waals surface area contributed by atoms with Gasteiger partial charge in [-0.25, -0.2) is 0 Å². The Morgan fingerprint density at radius 3 is 2.73 bits per heavy atom. The molecule has 0 spiro atoms. The summed E-state index contributed by atoms with van der Waals surface area (Å²) < 4.78 is 10.3. The zero-order valence-electron chi connectivity index (χ0n) is 15.1. The molecule has 1 atom stereocenters. The van der Waals surface area contributed by atoms with Crippen molar-refractivity contribution in [2.24, 2.45) is 5.92 Å². The van der Waals surface area contributed by atoms with Gasteiger partial charge in [-0.3, -0.25) is 9.59 Å². The van der Waals surface area contributed by atoms with Gasteiger partial charge >= 0.3 is 0 Å². The minimum atomic E-state index is -0.386. The van der Waals surface area contributed by atoms with Crippen molar-refractivity contribution < 1.29 is 18.8 Å². The van der Waals surface area contributed by atoms with Crippen LogP contribution >= 0.6 is 0 Å². The molecule has 8 nitrogen and oxygen atoms in total. The van der Waals surface area contributed by atoms with E-state index in [1.54, 1.807) is 31.2 Å². The molecular weight excluding hydrogens is 336 g/mol. The Bertz CT molecular complexity index is 787. The van der Waals surface area contributed by atoms with E-state index < -0.39 is 0 Å². The van der Waals surface area contributed by atoms with E-state index in [9.17, 15) is 9.59 Å². The van der Waals surface area contributed by atoms with Crippen molar-refractivity contribution >= 4 is 17.5 Å². The van der Waals surface area contributed by atoms with E-state index in [0.29, 0.717) is 24.7 Å². The summed E-state index contributed by atoms with van der Waals surface area (Å²) in [7, 11) is 3.27. The maximum atomic E-state index is 12.7. The molecule has 2 amide bonds. The van der Waals surface area contributed by atoms with Crippen LogP contribution in [0.15, 0.2) is 28.8 Å². The molecule has 1 fully saturated rings. The molecule has 1 saturated heterocycles. The predicted molar refractivity (Wildman–Crippen MR) is 93.6 cm³/mol. The molecule has 0 radical (unpaired) electrons. The lowest BCUT2D eigenvalue weighted by atomic mass is 10.1. The first-order chi connectivity index (χ1) is 12.5. The second kappa shape index (κ2) is 7.55. The van der Waals surface area contributed by atoms with Crippen LogP contribution in [-0.2, 0) is 22.6 Å². The molecule has 1 aliphatic heterocycles. The summed E-state index contributed by atoms with van der Waals surface area (Å²) in [6.07, 6.45) is 0.869. The predicted octanol–water partition coefficient (Wildman–Crippen LogP) is 1.65. The van der Waals surface area contributed by atoms with Gasteiger partial charge in [0, 0.05) is 32.1 Å². The van der Waals surface area contributed by atoms with Gasteiger partial charge in [0.1, 0.15) is 5.75 Å². The van der Waals surface area contributed by atoms with Crippen molar-refractivity contribution in [1.29, 1.82) is 0 Å². The smallest absolute Gasteiger partial charge is 0.246 e. The third kappa shape index (κ3) is 3.68. The van der Waals surface area contributed by atoms with Crippen LogP contribution in [0.25, 0.3) is 0 Å². The number of ether oxygens (including phenoxy) is 1. The number of nitrogens with zero attached hydrogens (tertiary/aromatic N) is 4. The van der Waals surface area contributed by atoms with Gasteiger partial charge in [-0.1, -0.05) is 12.1 Å². The number of carbonyl (C=O) groups excluding carboxylic acids is 2. The van der Waals surface area contributed by atoms with Gasteiger partial charge in [-0.05, 0) is 24.3 Å². The summed E-state index contributed by atoms with van der Waals surface area (Å²) in [6.45, 7) is 2.53. The fraction of sp³-hybridized carbons (Fsp3) is 0.444. The average Bonchev–Trinajstić information content (AvgIpc) is 3.27. The van der Waals surface area contributed by atoms with Crippen LogP contribution in [0.3, 0.4) is 0 Å². The number of hydrogen-bond acceptors (Lipinski definition) is 6. The van der Waals surface area contributed by atoms with Crippen LogP contribution in [0.2, 0.25) is 0 Å². The van der Waals surface area contributed by atoms with Crippen molar-refractivity contribution in [3.05, 3.63) is 36.0 Å². The van der Waals surface area contributed by atoms with Gasteiger partial charge in [0.05, 0.1) is 19.6 Å². The van der Waals surface area contributed by atoms with Crippen LogP contribution in [-0.4, -0.2) is 47.6 Å². The molecule has 0 saturated carbocycles. The Morgan fingerprint density at radius 2 is 2.12 bits per heavy atom. The third-order valence-corrected chi connectivity index (χ3v) is 4.43. The SMILES string of the molecule is CCc1noc(CN(C)C(=O)C2CC(=O)N(c3ccc(OC)cc3)C2)n1. The summed E-state index contributed by atoms with van der Waals surface area (Å²) in [6, 6.07) is 7.23. The Morgan fingerprint density at radius 1 is 1.38 bits per heavy atom. The number of rotatable bonds is 6. The van der Waals surface area contributed by atoms with Crippen LogP contribution in [0.5, 0.6) is 5.75 Å². The Labute approximate surface area is 151 Å². The van der Waals surface area contributed by atoms with Gasteiger partial charge < -0.3 is 19.1 Å². The van der Waals surface area contributed by atoms with Gasteiger partial charge in [-0.2, -0.15) is 4.98 Å². The molecule has 1 aromatic carbocycles. The summed E-state index contributed by atoms with van der Waals surface area (Å²) in [5.74, 6) is 1.18. The highest BCUT2D eigenvalue weighted by molar-refractivity contribution is 6.00. The topological polar surface area (TPSA) is 88.8 Å². The molecule has 2 aromatic rings. The first-order valence-electron chi connectivity index (χ1n) is 8.52. The number of anilines is 1. The quantitative estimate of drug-likeness (QED) is 0.780. The van der Waals surface area contributed by atoms with Crippen molar-refractivity contribution in [3.63, 3.8) is 0 Å². The second-order valence-electron chi connectivity index (χ2n) is 6.26. The monoisotopic (exact) mass is 358 g/mol. The molecule has 26 heavy (non-hydrogen) atoms. The molecule has 0 aliphatic carbocycles. The highest BCUT2D eigenvalue weighted by atomic mass is 16.5. The summed E-state index contributed by atoms with van der Waals surface area (Å²) in [5.41, 5.74) is 0.762. The lowest BCUT2D eigenvalue weighted by Crippen LogP contribution is -2.34. The second-order valence-corrected chi connectivity index (χ2v) is 6.26. The standard InChI is InChI=1S/C18H22N4O4/c1-4-15-19-16(26-20-15)11-21(2)18(24)12-9-17(23)22(10-12)13-5-7-14(25-3)8-6-13/h5-8,12H,4,9-11H2,1-3H3.